The van der Waals surface area contributed by atoms with Gasteiger partial charge in [0.25, 0.3) is 5.91 Å². The normalized spacial score (nSPS) is 18.4. The highest BCUT2D eigenvalue weighted by molar-refractivity contribution is 6.31. The number of fused-ring (bicyclic) bond motifs is 1. The van der Waals surface area contributed by atoms with Crippen LogP contribution in [0.15, 0.2) is 66.7 Å². The van der Waals surface area contributed by atoms with E-state index < -0.39 is 0 Å². The predicted molar refractivity (Wildman–Crippen MR) is 180 cm³/mol. The monoisotopic (exact) mass is 628 g/mol. The number of halogens is 1. The van der Waals surface area contributed by atoms with Gasteiger partial charge in [-0.1, -0.05) is 48.0 Å². The summed E-state index contributed by atoms with van der Waals surface area (Å²) in [5.74, 6) is 1.09. The third kappa shape index (κ3) is 8.07. The zero-order valence-electron chi connectivity index (χ0n) is 26.4. The van der Waals surface area contributed by atoms with Gasteiger partial charge in [-0.15, -0.1) is 0 Å². The zero-order valence-corrected chi connectivity index (χ0v) is 27.2. The van der Waals surface area contributed by atoms with Crippen LogP contribution in [-0.2, 0) is 24.4 Å². The summed E-state index contributed by atoms with van der Waals surface area (Å²) in [7, 11) is 0. The van der Waals surface area contributed by atoms with Crippen molar-refractivity contribution in [1.29, 1.82) is 0 Å². The van der Waals surface area contributed by atoms with Gasteiger partial charge in [0, 0.05) is 67.9 Å². The van der Waals surface area contributed by atoms with Gasteiger partial charge in [-0.3, -0.25) is 19.4 Å². The summed E-state index contributed by atoms with van der Waals surface area (Å²) in [6, 6.07) is 22.1. The molecule has 2 amide bonds. The summed E-state index contributed by atoms with van der Waals surface area (Å²) >= 11 is 6.53. The molecule has 2 heterocycles. The Bertz CT molecular complexity index is 1470. The second-order valence-electron chi connectivity index (χ2n) is 12.6. The topological polar surface area (TPSA) is 56.3 Å². The van der Waals surface area contributed by atoms with Crippen molar-refractivity contribution in [3.63, 3.8) is 0 Å². The molecular weight excluding hydrogens is 584 g/mol. The maximum absolute atomic E-state index is 14.4. The van der Waals surface area contributed by atoms with Gasteiger partial charge in [0.2, 0.25) is 5.91 Å². The van der Waals surface area contributed by atoms with Gasteiger partial charge in [-0.25, -0.2) is 0 Å². The summed E-state index contributed by atoms with van der Waals surface area (Å²) in [4.78, 5) is 36.8. The third-order valence-electron chi connectivity index (χ3n) is 9.17. The molecule has 3 aliphatic rings. The highest BCUT2D eigenvalue weighted by Crippen LogP contribution is 2.36. The number of hydrogen-bond donors (Lipinski definition) is 0. The van der Waals surface area contributed by atoms with Gasteiger partial charge < -0.3 is 14.5 Å². The highest BCUT2D eigenvalue weighted by atomic mass is 35.5. The summed E-state index contributed by atoms with van der Waals surface area (Å²) in [6.45, 7) is 9.44. The number of benzene rings is 3. The molecule has 1 aliphatic carbocycles. The Kier molecular flexibility index (Phi) is 10.4. The first-order valence-corrected chi connectivity index (χ1v) is 17.0. The Labute approximate surface area is 272 Å². The van der Waals surface area contributed by atoms with Crippen LogP contribution in [0.25, 0.3) is 0 Å². The van der Waals surface area contributed by atoms with Crippen molar-refractivity contribution in [3.05, 3.63) is 94.0 Å². The smallest absolute Gasteiger partial charge is 0.254 e. The van der Waals surface area contributed by atoms with Crippen LogP contribution in [0.3, 0.4) is 0 Å². The minimum absolute atomic E-state index is 0.0133. The van der Waals surface area contributed by atoms with Crippen molar-refractivity contribution < 1.29 is 14.3 Å². The number of carbonyl (C=O) groups is 2. The van der Waals surface area contributed by atoms with E-state index in [0.717, 1.165) is 81.1 Å². The molecule has 3 aromatic carbocycles. The molecule has 2 aliphatic heterocycles. The summed E-state index contributed by atoms with van der Waals surface area (Å²) < 4.78 is 5.99. The molecular formula is C37H45ClN4O3. The van der Waals surface area contributed by atoms with Gasteiger partial charge in [-0.05, 0) is 93.6 Å². The number of carbonyl (C=O) groups excluding carboxylic acids is 2. The van der Waals surface area contributed by atoms with E-state index in [1.54, 1.807) is 0 Å². The average Bonchev–Trinajstić information content (AvgIpc) is 3.78. The Hall–Kier alpha value is -3.39. The summed E-state index contributed by atoms with van der Waals surface area (Å²) in [5, 5.41) is 0.596. The largest absolute Gasteiger partial charge is 0.494 e. The second kappa shape index (κ2) is 14.8. The van der Waals surface area contributed by atoms with E-state index in [0.29, 0.717) is 36.8 Å². The molecule has 3 aromatic rings. The quantitative estimate of drug-likeness (QED) is 0.280. The van der Waals surface area contributed by atoms with Gasteiger partial charge >= 0.3 is 0 Å². The molecule has 0 N–H and O–H groups in total. The molecule has 0 bridgehead atoms. The number of likely N-dealkylation sites (tertiary alicyclic amines) is 1. The van der Waals surface area contributed by atoms with E-state index in [1.165, 1.54) is 18.4 Å². The highest BCUT2D eigenvalue weighted by Gasteiger charge is 2.35. The third-order valence-corrected chi connectivity index (χ3v) is 9.41. The van der Waals surface area contributed by atoms with Crippen molar-refractivity contribution >= 4 is 29.1 Å². The molecule has 1 saturated heterocycles. The molecule has 6 rings (SSSR count). The first kappa shape index (κ1) is 31.6. The fourth-order valence-electron chi connectivity index (χ4n) is 6.60. The minimum Gasteiger partial charge on any atom is -0.494 e. The van der Waals surface area contributed by atoms with E-state index in [-0.39, 0.29) is 17.7 Å². The molecule has 0 atom stereocenters. The van der Waals surface area contributed by atoms with E-state index in [2.05, 4.69) is 34.1 Å². The number of anilines is 1. The van der Waals surface area contributed by atoms with Gasteiger partial charge in [0.05, 0.1) is 12.3 Å². The lowest BCUT2D eigenvalue weighted by molar-refractivity contribution is -0.119. The maximum Gasteiger partial charge on any atom is 0.254 e. The van der Waals surface area contributed by atoms with Crippen LogP contribution in [0.4, 0.5) is 5.69 Å². The van der Waals surface area contributed by atoms with E-state index in [1.807, 2.05) is 59.2 Å². The average molecular weight is 629 g/mol. The fourth-order valence-corrected chi connectivity index (χ4v) is 6.77. The van der Waals surface area contributed by atoms with Gasteiger partial charge in [-0.2, -0.15) is 0 Å². The van der Waals surface area contributed by atoms with Crippen LogP contribution >= 0.6 is 11.6 Å². The van der Waals surface area contributed by atoms with Crippen LogP contribution in [0, 0.1) is 5.92 Å². The van der Waals surface area contributed by atoms with Crippen molar-refractivity contribution in [1.82, 2.24) is 14.7 Å². The van der Waals surface area contributed by atoms with Crippen molar-refractivity contribution in [2.75, 3.05) is 50.8 Å². The van der Waals surface area contributed by atoms with E-state index in [9.17, 15) is 9.59 Å². The molecule has 0 aromatic heterocycles. The van der Waals surface area contributed by atoms with Crippen LogP contribution < -0.4 is 9.64 Å². The first-order chi connectivity index (χ1) is 22.0. The Balaban J connectivity index is 1.33. The number of ether oxygens (including phenoxy) is 1. The van der Waals surface area contributed by atoms with Crippen LogP contribution in [0.2, 0.25) is 5.02 Å². The maximum atomic E-state index is 14.4. The summed E-state index contributed by atoms with van der Waals surface area (Å²) in [6.07, 6.45) is 5.13. The fraction of sp³-hybridized carbons (Fsp3) is 0.459. The standard InChI is InChI=1S/C37H45ClN4O3/c1-2-45-35-16-14-30(23-32(35)26-39-17-6-7-18-39)36(43)41-22-21-40(25-28-9-4-3-5-10-28)19-8-20-42(37(44)29-11-12-29)34-24-33(38)15-13-31(34)27-41/h3-5,9-10,13-16,23-24,29H,2,6-8,11-12,17-22,25-27H2,1H3. The number of hydrogen-bond acceptors (Lipinski definition) is 5. The van der Waals surface area contributed by atoms with Gasteiger partial charge in [0.1, 0.15) is 5.75 Å². The minimum atomic E-state index is -0.0133. The second-order valence-corrected chi connectivity index (χ2v) is 13.1. The molecule has 0 spiro atoms. The molecule has 238 valence electrons. The Morgan fingerprint density at radius 1 is 0.822 bits per heavy atom. The van der Waals surface area contributed by atoms with Crippen LogP contribution in [0.1, 0.15) is 66.1 Å². The first-order valence-electron chi connectivity index (χ1n) is 16.6. The lowest BCUT2D eigenvalue weighted by Gasteiger charge is -2.29. The number of rotatable bonds is 8. The number of amides is 2. The lowest BCUT2D eigenvalue weighted by atomic mass is 10.1. The molecule has 0 unspecified atom stereocenters. The van der Waals surface area contributed by atoms with Crippen LogP contribution in [-0.4, -0.2) is 72.4 Å². The molecule has 45 heavy (non-hydrogen) atoms. The van der Waals surface area contributed by atoms with Crippen molar-refractivity contribution in [2.45, 2.75) is 58.7 Å². The van der Waals surface area contributed by atoms with E-state index >= 15 is 0 Å². The molecule has 8 heteroatoms. The SMILES string of the molecule is CCOc1ccc(C(=O)N2CCN(Cc3ccccc3)CCCN(C(=O)C3CC3)c3cc(Cl)ccc3C2)cc1CN1CCCC1. The molecule has 0 radical (unpaired) electrons. The van der Waals surface area contributed by atoms with Crippen LogP contribution in [0.5, 0.6) is 5.75 Å². The molecule has 2 fully saturated rings. The van der Waals surface area contributed by atoms with Gasteiger partial charge in [0.15, 0.2) is 0 Å². The zero-order chi connectivity index (χ0) is 31.2. The molecule has 7 nitrogen and oxygen atoms in total. The number of nitrogens with zero attached hydrogens (tertiary/aromatic N) is 4. The van der Waals surface area contributed by atoms with Crippen molar-refractivity contribution in [2.24, 2.45) is 5.92 Å². The lowest BCUT2D eigenvalue weighted by Crippen LogP contribution is -2.38. The molecule has 1 saturated carbocycles. The van der Waals surface area contributed by atoms with E-state index in [4.69, 9.17) is 16.3 Å². The summed E-state index contributed by atoms with van der Waals surface area (Å²) in [5.41, 5.74) is 4.74. The predicted octanol–water partition coefficient (Wildman–Crippen LogP) is 6.63. The Morgan fingerprint density at radius 3 is 2.33 bits per heavy atom. The Morgan fingerprint density at radius 2 is 1.58 bits per heavy atom. The van der Waals surface area contributed by atoms with Crippen molar-refractivity contribution in [3.8, 4) is 5.75 Å².